The predicted molar refractivity (Wildman–Crippen MR) is 124 cm³/mol. The minimum atomic E-state index is -3.59. The summed E-state index contributed by atoms with van der Waals surface area (Å²) in [6.45, 7) is 4.63. The fourth-order valence-electron chi connectivity index (χ4n) is 3.69. The second kappa shape index (κ2) is 11.4. The first-order valence-corrected chi connectivity index (χ1v) is 12.2. The van der Waals surface area contributed by atoms with Crippen LogP contribution in [0.1, 0.15) is 15.9 Å². The molecule has 0 saturated carbocycles. The second-order valence-corrected chi connectivity index (χ2v) is 9.75. The Morgan fingerprint density at radius 2 is 1.56 bits per heavy atom. The first-order chi connectivity index (χ1) is 15.4. The van der Waals surface area contributed by atoms with Crippen molar-refractivity contribution in [3.63, 3.8) is 0 Å². The summed E-state index contributed by atoms with van der Waals surface area (Å²) in [7, 11) is -3.59. The van der Waals surface area contributed by atoms with Gasteiger partial charge in [0, 0.05) is 44.8 Å². The smallest absolute Gasteiger partial charge is 0.265 e. The standard InChI is InChI=1S/C22H31N5O4S/c23-24-22(29)20-8-6-19(7-9-20)18-27(21-4-2-1-3-5-21)32(30,31)17-15-26-12-10-25(11-13-26)14-16-28/h1-9,28H,10-18,23H2,(H,24,29). The first-order valence-electron chi connectivity index (χ1n) is 10.6. The molecule has 4 N–H and O–H groups in total. The molecule has 32 heavy (non-hydrogen) atoms. The molecule has 10 heteroatoms. The Hall–Kier alpha value is -2.50. The lowest BCUT2D eigenvalue weighted by molar-refractivity contribution is 0.0953. The molecule has 0 aromatic heterocycles. The SMILES string of the molecule is NNC(=O)c1ccc(CN(c2ccccc2)S(=O)(=O)CCN2CCN(CCO)CC2)cc1. The number of nitrogens with two attached hydrogens (primary N) is 1. The number of anilines is 1. The van der Waals surface area contributed by atoms with Crippen LogP contribution < -0.4 is 15.6 Å². The molecule has 0 aliphatic carbocycles. The summed E-state index contributed by atoms with van der Waals surface area (Å²) in [5.74, 6) is 4.78. The van der Waals surface area contributed by atoms with Crippen LogP contribution >= 0.6 is 0 Å². The highest BCUT2D eigenvalue weighted by Gasteiger charge is 2.25. The van der Waals surface area contributed by atoms with Gasteiger partial charge in [0.1, 0.15) is 0 Å². The van der Waals surface area contributed by atoms with Crippen LogP contribution in [-0.2, 0) is 16.6 Å². The van der Waals surface area contributed by atoms with Gasteiger partial charge in [-0.15, -0.1) is 0 Å². The molecule has 0 radical (unpaired) electrons. The lowest BCUT2D eigenvalue weighted by Gasteiger charge is -2.34. The molecule has 2 aromatic carbocycles. The number of aliphatic hydroxyl groups excluding tert-OH is 1. The number of amides is 1. The van der Waals surface area contributed by atoms with Crippen molar-refractivity contribution < 1.29 is 18.3 Å². The summed E-state index contributed by atoms with van der Waals surface area (Å²) in [5.41, 5.74) is 3.86. The molecule has 1 saturated heterocycles. The Balaban J connectivity index is 1.70. The fourth-order valence-corrected chi connectivity index (χ4v) is 5.19. The number of benzene rings is 2. The van der Waals surface area contributed by atoms with Crippen molar-refractivity contribution >= 4 is 21.6 Å². The molecule has 0 atom stereocenters. The molecule has 1 fully saturated rings. The van der Waals surface area contributed by atoms with E-state index in [1.807, 2.05) is 18.2 Å². The van der Waals surface area contributed by atoms with E-state index in [1.54, 1.807) is 36.4 Å². The number of aliphatic hydroxyl groups is 1. The van der Waals surface area contributed by atoms with Gasteiger partial charge < -0.3 is 5.11 Å². The molecule has 2 aromatic rings. The molecule has 174 valence electrons. The molecule has 9 nitrogen and oxygen atoms in total. The third kappa shape index (κ3) is 6.50. The number of carbonyl (C=O) groups excluding carboxylic acids is 1. The Labute approximate surface area is 189 Å². The highest BCUT2D eigenvalue weighted by atomic mass is 32.2. The molecule has 3 rings (SSSR count). The number of hydrogen-bond donors (Lipinski definition) is 3. The van der Waals surface area contributed by atoms with Crippen molar-refractivity contribution in [2.75, 3.05) is 55.9 Å². The van der Waals surface area contributed by atoms with Gasteiger partial charge in [-0.05, 0) is 29.8 Å². The lowest BCUT2D eigenvalue weighted by Crippen LogP contribution is -2.49. The van der Waals surface area contributed by atoms with Crippen molar-refractivity contribution in [1.29, 1.82) is 0 Å². The highest BCUT2D eigenvalue weighted by molar-refractivity contribution is 7.92. The Bertz CT molecular complexity index is 962. The number of para-hydroxylation sites is 1. The maximum atomic E-state index is 13.3. The third-order valence-electron chi connectivity index (χ3n) is 5.60. The number of hydrazine groups is 1. The number of nitrogens with zero attached hydrogens (tertiary/aromatic N) is 3. The van der Waals surface area contributed by atoms with E-state index in [4.69, 9.17) is 10.9 Å². The zero-order valence-electron chi connectivity index (χ0n) is 18.1. The second-order valence-electron chi connectivity index (χ2n) is 7.74. The monoisotopic (exact) mass is 461 g/mol. The van der Waals surface area contributed by atoms with Gasteiger partial charge >= 0.3 is 0 Å². The number of sulfonamides is 1. The number of β-amino-alcohol motifs (C(OH)–C–C–N with tert-alkyl or cyclic N) is 1. The molecule has 0 unspecified atom stereocenters. The van der Waals surface area contributed by atoms with Gasteiger partial charge in [-0.1, -0.05) is 30.3 Å². The average Bonchev–Trinajstić information content (AvgIpc) is 2.82. The minimum absolute atomic E-state index is 0.00948. The number of carbonyl (C=O) groups is 1. The van der Waals surface area contributed by atoms with E-state index < -0.39 is 15.9 Å². The largest absolute Gasteiger partial charge is 0.395 e. The van der Waals surface area contributed by atoms with Crippen LogP contribution in [0.2, 0.25) is 0 Å². The average molecular weight is 462 g/mol. The molecule has 0 spiro atoms. The Morgan fingerprint density at radius 1 is 0.969 bits per heavy atom. The molecule has 1 heterocycles. The number of piperazine rings is 1. The van der Waals surface area contributed by atoms with Gasteiger partial charge in [-0.3, -0.25) is 24.3 Å². The van der Waals surface area contributed by atoms with Crippen LogP contribution in [0.15, 0.2) is 54.6 Å². The maximum absolute atomic E-state index is 13.3. The van der Waals surface area contributed by atoms with Crippen LogP contribution in [0, 0.1) is 0 Å². The van der Waals surface area contributed by atoms with Gasteiger partial charge in [0.2, 0.25) is 10.0 Å². The quantitative estimate of drug-likeness (QED) is 0.263. The van der Waals surface area contributed by atoms with E-state index in [9.17, 15) is 13.2 Å². The van der Waals surface area contributed by atoms with Crippen LogP contribution in [0.5, 0.6) is 0 Å². The van der Waals surface area contributed by atoms with Gasteiger partial charge in [0.05, 0.1) is 24.6 Å². The first kappa shape index (κ1) is 24.1. The topological polar surface area (TPSA) is 119 Å². The molecule has 0 bridgehead atoms. The fraction of sp³-hybridized carbons (Fsp3) is 0.409. The summed E-state index contributed by atoms with van der Waals surface area (Å²) in [6.07, 6.45) is 0. The summed E-state index contributed by atoms with van der Waals surface area (Å²) < 4.78 is 28.1. The zero-order valence-corrected chi connectivity index (χ0v) is 18.9. The van der Waals surface area contributed by atoms with Gasteiger partial charge in [-0.2, -0.15) is 0 Å². The third-order valence-corrected chi connectivity index (χ3v) is 7.31. The van der Waals surface area contributed by atoms with Crippen LogP contribution in [-0.4, -0.2) is 80.9 Å². The Morgan fingerprint density at radius 3 is 2.12 bits per heavy atom. The zero-order chi connectivity index (χ0) is 23.0. The Kier molecular flexibility index (Phi) is 8.60. The normalized spacial score (nSPS) is 15.4. The molecule has 1 aliphatic rings. The molecule has 1 amide bonds. The number of nitrogens with one attached hydrogen (secondary N) is 1. The van der Waals surface area contributed by atoms with Crippen LogP contribution in [0.3, 0.4) is 0 Å². The van der Waals surface area contributed by atoms with Gasteiger partial charge in [-0.25, -0.2) is 14.3 Å². The highest BCUT2D eigenvalue weighted by Crippen LogP contribution is 2.22. The van der Waals surface area contributed by atoms with E-state index in [1.165, 1.54) is 4.31 Å². The number of hydrogen-bond acceptors (Lipinski definition) is 7. The van der Waals surface area contributed by atoms with Crippen molar-refractivity contribution in [1.82, 2.24) is 15.2 Å². The van der Waals surface area contributed by atoms with E-state index in [2.05, 4.69) is 15.2 Å². The summed E-state index contributed by atoms with van der Waals surface area (Å²) in [6, 6.07) is 15.7. The van der Waals surface area contributed by atoms with Crippen molar-refractivity contribution in [3.05, 3.63) is 65.7 Å². The number of rotatable bonds is 10. The summed E-state index contributed by atoms with van der Waals surface area (Å²) in [5, 5.41) is 9.07. The van der Waals surface area contributed by atoms with Crippen molar-refractivity contribution in [2.24, 2.45) is 5.84 Å². The maximum Gasteiger partial charge on any atom is 0.265 e. The van der Waals surface area contributed by atoms with E-state index >= 15 is 0 Å². The van der Waals surface area contributed by atoms with Crippen LogP contribution in [0.25, 0.3) is 0 Å². The van der Waals surface area contributed by atoms with Gasteiger partial charge in [0.15, 0.2) is 0 Å². The van der Waals surface area contributed by atoms with E-state index in [0.29, 0.717) is 24.3 Å². The number of nitrogen functional groups attached to an aromatic ring is 1. The predicted octanol–water partition coefficient (Wildman–Crippen LogP) is 0.236. The summed E-state index contributed by atoms with van der Waals surface area (Å²) in [4.78, 5) is 16.0. The van der Waals surface area contributed by atoms with Crippen LogP contribution in [0.4, 0.5) is 5.69 Å². The molecular weight excluding hydrogens is 430 g/mol. The molecular formula is C22H31N5O4S. The van der Waals surface area contributed by atoms with Crippen molar-refractivity contribution in [2.45, 2.75) is 6.54 Å². The van der Waals surface area contributed by atoms with E-state index in [-0.39, 0.29) is 18.9 Å². The molecule has 1 aliphatic heterocycles. The van der Waals surface area contributed by atoms with Gasteiger partial charge in [0.25, 0.3) is 5.91 Å². The van der Waals surface area contributed by atoms with E-state index in [0.717, 1.165) is 31.7 Å². The summed E-state index contributed by atoms with van der Waals surface area (Å²) >= 11 is 0. The lowest BCUT2D eigenvalue weighted by atomic mass is 10.1. The van der Waals surface area contributed by atoms with Crippen molar-refractivity contribution in [3.8, 4) is 0 Å². The minimum Gasteiger partial charge on any atom is -0.395 e.